The van der Waals surface area contributed by atoms with Crippen molar-refractivity contribution in [1.82, 2.24) is 10.2 Å². The number of nitrogens with zero attached hydrogens (tertiary/aromatic N) is 2. The van der Waals surface area contributed by atoms with Crippen LogP contribution in [-0.4, -0.2) is 10.2 Å². The third-order valence-corrected chi connectivity index (χ3v) is 2.86. The van der Waals surface area contributed by atoms with Gasteiger partial charge in [0.2, 0.25) is 11.8 Å². The van der Waals surface area contributed by atoms with E-state index in [1.165, 1.54) is 0 Å². The predicted molar refractivity (Wildman–Crippen MR) is 67.7 cm³/mol. The van der Waals surface area contributed by atoms with E-state index in [1.807, 2.05) is 18.2 Å². The largest absolute Gasteiger partial charge is 0.419 e. The van der Waals surface area contributed by atoms with E-state index in [4.69, 9.17) is 10.2 Å². The van der Waals surface area contributed by atoms with E-state index in [1.54, 1.807) is 6.92 Å². The molecule has 4 nitrogen and oxygen atoms in total. The Hall–Kier alpha value is -0.720. The number of aromatic nitrogens is 2. The maximum absolute atomic E-state index is 5.65. The van der Waals surface area contributed by atoms with E-state index in [0.717, 1.165) is 14.5 Å². The van der Waals surface area contributed by atoms with E-state index in [9.17, 15) is 0 Å². The van der Waals surface area contributed by atoms with Crippen LogP contribution in [0.25, 0.3) is 11.5 Å². The van der Waals surface area contributed by atoms with Gasteiger partial charge < -0.3 is 10.2 Å². The van der Waals surface area contributed by atoms with Gasteiger partial charge in [0.1, 0.15) is 0 Å². The molecular formula is C10H9Br2N3O. The topological polar surface area (TPSA) is 64.9 Å². The molecule has 2 rings (SSSR count). The van der Waals surface area contributed by atoms with Crippen LogP contribution in [-0.2, 0) is 0 Å². The molecular weight excluding hydrogens is 338 g/mol. The first-order valence-electron chi connectivity index (χ1n) is 4.61. The maximum atomic E-state index is 5.65. The van der Waals surface area contributed by atoms with Crippen molar-refractivity contribution in [3.63, 3.8) is 0 Å². The van der Waals surface area contributed by atoms with Crippen LogP contribution in [0.5, 0.6) is 0 Å². The molecule has 1 aromatic carbocycles. The Morgan fingerprint density at radius 2 is 1.81 bits per heavy atom. The van der Waals surface area contributed by atoms with Crippen molar-refractivity contribution in [3.05, 3.63) is 33.0 Å². The summed E-state index contributed by atoms with van der Waals surface area (Å²) >= 11 is 6.80. The normalized spacial score (nSPS) is 12.8. The number of hydrogen-bond acceptors (Lipinski definition) is 4. The lowest BCUT2D eigenvalue weighted by molar-refractivity contribution is 0.473. The van der Waals surface area contributed by atoms with Gasteiger partial charge in [0.25, 0.3) is 0 Å². The minimum absolute atomic E-state index is 0.253. The molecule has 2 aromatic rings. The third-order valence-electron chi connectivity index (χ3n) is 1.94. The summed E-state index contributed by atoms with van der Waals surface area (Å²) < 4.78 is 7.34. The molecule has 0 amide bonds. The lowest BCUT2D eigenvalue weighted by atomic mass is 10.2. The monoisotopic (exact) mass is 345 g/mol. The molecule has 1 aromatic heterocycles. The van der Waals surface area contributed by atoms with Crippen molar-refractivity contribution in [2.75, 3.05) is 0 Å². The molecule has 0 aliphatic carbocycles. The van der Waals surface area contributed by atoms with Crippen molar-refractivity contribution >= 4 is 31.9 Å². The molecule has 2 N–H and O–H groups in total. The van der Waals surface area contributed by atoms with Crippen molar-refractivity contribution in [2.45, 2.75) is 13.0 Å². The Morgan fingerprint density at radius 3 is 2.31 bits per heavy atom. The summed E-state index contributed by atoms with van der Waals surface area (Å²) in [4.78, 5) is 0. The summed E-state index contributed by atoms with van der Waals surface area (Å²) in [6.45, 7) is 1.80. The zero-order valence-electron chi connectivity index (χ0n) is 8.45. The van der Waals surface area contributed by atoms with Crippen molar-refractivity contribution in [3.8, 4) is 11.5 Å². The van der Waals surface area contributed by atoms with Crippen LogP contribution in [0, 0.1) is 0 Å². The Morgan fingerprint density at radius 1 is 1.19 bits per heavy atom. The van der Waals surface area contributed by atoms with Crippen LogP contribution < -0.4 is 5.73 Å². The van der Waals surface area contributed by atoms with E-state index >= 15 is 0 Å². The fraction of sp³-hybridized carbons (Fsp3) is 0.200. The fourth-order valence-corrected chi connectivity index (χ4v) is 2.51. The zero-order valence-corrected chi connectivity index (χ0v) is 11.6. The van der Waals surface area contributed by atoms with Gasteiger partial charge in [0, 0.05) is 14.5 Å². The van der Waals surface area contributed by atoms with Gasteiger partial charge in [0.05, 0.1) is 6.04 Å². The average Bonchev–Trinajstić information content (AvgIpc) is 2.64. The van der Waals surface area contributed by atoms with Gasteiger partial charge in [-0.15, -0.1) is 10.2 Å². The highest BCUT2D eigenvalue weighted by molar-refractivity contribution is 9.11. The van der Waals surface area contributed by atoms with Crippen LogP contribution in [0.15, 0.2) is 31.6 Å². The number of hydrogen-bond donors (Lipinski definition) is 1. The summed E-state index contributed by atoms with van der Waals surface area (Å²) in [5.74, 6) is 0.903. The lowest BCUT2D eigenvalue weighted by Crippen LogP contribution is -2.04. The number of rotatable bonds is 2. The Labute approximate surface area is 109 Å². The Bertz CT molecular complexity index is 490. The molecule has 1 atom stereocenters. The smallest absolute Gasteiger partial charge is 0.247 e. The molecule has 0 fully saturated rings. The van der Waals surface area contributed by atoms with Crippen molar-refractivity contribution in [2.24, 2.45) is 5.73 Å². The summed E-state index contributed by atoms with van der Waals surface area (Å²) in [5, 5.41) is 7.83. The highest BCUT2D eigenvalue weighted by atomic mass is 79.9. The van der Waals surface area contributed by atoms with Gasteiger partial charge in [-0.05, 0) is 25.1 Å². The summed E-state index contributed by atoms with van der Waals surface area (Å²) in [6.07, 6.45) is 0. The van der Waals surface area contributed by atoms with Crippen LogP contribution >= 0.6 is 31.9 Å². The predicted octanol–water partition coefficient (Wildman–Crippen LogP) is 3.28. The van der Waals surface area contributed by atoms with E-state index < -0.39 is 0 Å². The molecule has 0 aliphatic rings. The summed E-state index contributed by atoms with van der Waals surface area (Å²) in [6, 6.07) is 5.50. The standard InChI is InChI=1S/C10H9Br2N3O/c1-5(13)9-14-15-10(16-9)6-2-7(11)4-8(12)3-6/h2-5H,13H2,1H3. The molecule has 0 aliphatic heterocycles. The SMILES string of the molecule is CC(N)c1nnc(-c2cc(Br)cc(Br)c2)o1. The maximum Gasteiger partial charge on any atom is 0.247 e. The van der Waals surface area contributed by atoms with Crippen molar-refractivity contribution in [1.29, 1.82) is 0 Å². The van der Waals surface area contributed by atoms with Gasteiger partial charge in [-0.2, -0.15) is 0 Å². The number of halogens is 2. The summed E-state index contributed by atoms with van der Waals surface area (Å²) in [5.41, 5.74) is 6.50. The minimum Gasteiger partial charge on any atom is -0.419 e. The quantitative estimate of drug-likeness (QED) is 0.906. The summed E-state index contributed by atoms with van der Waals surface area (Å²) in [7, 11) is 0. The van der Waals surface area contributed by atoms with Gasteiger partial charge in [-0.3, -0.25) is 0 Å². The second-order valence-corrected chi connectivity index (χ2v) is 5.22. The molecule has 0 bridgehead atoms. The van der Waals surface area contributed by atoms with Crippen molar-refractivity contribution < 1.29 is 4.42 Å². The zero-order chi connectivity index (χ0) is 11.7. The fourth-order valence-electron chi connectivity index (χ4n) is 1.21. The molecule has 1 unspecified atom stereocenters. The second-order valence-electron chi connectivity index (χ2n) is 3.39. The first-order valence-corrected chi connectivity index (χ1v) is 6.20. The lowest BCUT2D eigenvalue weighted by Gasteiger charge is -1.98. The molecule has 0 saturated carbocycles. The molecule has 6 heteroatoms. The van der Waals surface area contributed by atoms with Gasteiger partial charge in [-0.25, -0.2) is 0 Å². The Kier molecular flexibility index (Phi) is 3.41. The molecule has 16 heavy (non-hydrogen) atoms. The van der Waals surface area contributed by atoms with Crippen LogP contribution in [0.4, 0.5) is 0 Å². The molecule has 0 radical (unpaired) electrons. The minimum atomic E-state index is -0.253. The van der Waals surface area contributed by atoms with E-state index in [-0.39, 0.29) is 6.04 Å². The first-order chi connectivity index (χ1) is 7.56. The van der Waals surface area contributed by atoms with Gasteiger partial charge >= 0.3 is 0 Å². The van der Waals surface area contributed by atoms with E-state index in [0.29, 0.717) is 11.8 Å². The Balaban J connectivity index is 2.42. The van der Waals surface area contributed by atoms with Gasteiger partial charge in [-0.1, -0.05) is 31.9 Å². The second kappa shape index (κ2) is 4.65. The number of benzene rings is 1. The first kappa shape index (κ1) is 11.8. The van der Waals surface area contributed by atoms with E-state index in [2.05, 4.69) is 42.1 Å². The molecule has 0 saturated heterocycles. The highest BCUT2D eigenvalue weighted by Gasteiger charge is 2.12. The third kappa shape index (κ3) is 2.50. The highest BCUT2D eigenvalue weighted by Crippen LogP contribution is 2.27. The van der Waals surface area contributed by atoms with Crippen LogP contribution in [0.1, 0.15) is 18.9 Å². The molecule has 1 heterocycles. The number of nitrogens with two attached hydrogens (primary N) is 1. The molecule has 84 valence electrons. The van der Waals surface area contributed by atoms with Gasteiger partial charge in [0.15, 0.2) is 0 Å². The average molecular weight is 347 g/mol. The van der Waals surface area contributed by atoms with Crippen LogP contribution in [0.3, 0.4) is 0 Å². The van der Waals surface area contributed by atoms with Crippen LogP contribution in [0.2, 0.25) is 0 Å². The molecule has 0 spiro atoms.